The van der Waals surface area contributed by atoms with Gasteiger partial charge in [0.15, 0.2) is 0 Å². The van der Waals surface area contributed by atoms with Gasteiger partial charge in [0, 0.05) is 0 Å². The van der Waals surface area contributed by atoms with Gasteiger partial charge in [-0.3, -0.25) is 4.79 Å². The molecule has 114 valence electrons. The summed E-state index contributed by atoms with van der Waals surface area (Å²) in [5.74, 6) is -1.25. The molecule has 1 N–H and O–H groups in total. The molecule has 2 unspecified atom stereocenters. The van der Waals surface area contributed by atoms with Crippen molar-refractivity contribution in [2.75, 3.05) is 0 Å². The van der Waals surface area contributed by atoms with E-state index < -0.39 is 34.0 Å². The molecule has 0 saturated heterocycles. The van der Waals surface area contributed by atoms with Gasteiger partial charge in [0.1, 0.15) is 10.0 Å². The van der Waals surface area contributed by atoms with E-state index in [2.05, 4.69) is 4.74 Å². The van der Waals surface area contributed by atoms with E-state index in [-0.39, 0.29) is 6.42 Å². The summed E-state index contributed by atoms with van der Waals surface area (Å²) in [6, 6.07) is 0. The molecular weight excluding hydrogens is 397 g/mol. The molecule has 10 heteroatoms. The molecule has 0 aliphatic rings. The SMILES string of the molecule is CCC(I)C(=O)OC(C)C(O)(C(F)(F)F)C(F)(F)F. The summed E-state index contributed by atoms with van der Waals surface area (Å²) in [5.41, 5.74) is -5.10. The standard InChI is InChI=1S/C9H11F6IO3/c1-3-5(16)6(17)19-4(2)7(18,8(10,11)12)9(13,14)15/h4-5,18H,3H2,1-2H3. The first-order valence-corrected chi connectivity index (χ1v) is 6.24. The summed E-state index contributed by atoms with van der Waals surface area (Å²) in [7, 11) is 0. The first kappa shape index (κ1) is 18.7. The molecule has 0 heterocycles. The lowest BCUT2D eigenvalue weighted by molar-refractivity contribution is -0.389. The summed E-state index contributed by atoms with van der Waals surface area (Å²) in [5, 5.41) is 8.93. The molecule has 0 rings (SSSR count). The molecule has 19 heavy (non-hydrogen) atoms. The molecular formula is C9H11F6IO3. The summed E-state index contributed by atoms with van der Waals surface area (Å²) in [6.07, 6.45) is -14.7. The second-order valence-corrected chi connectivity index (χ2v) is 5.22. The van der Waals surface area contributed by atoms with Crippen LogP contribution < -0.4 is 0 Å². The van der Waals surface area contributed by atoms with Crippen LogP contribution in [0.4, 0.5) is 26.3 Å². The maximum Gasteiger partial charge on any atom is 0.430 e. The van der Waals surface area contributed by atoms with Crippen LogP contribution in [-0.2, 0) is 9.53 Å². The lowest BCUT2D eigenvalue weighted by Gasteiger charge is -2.36. The Morgan fingerprint density at radius 2 is 1.58 bits per heavy atom. The van der Waals surface area contributed by atoms with Gasteiger partial charge in [0.25, 0.3) is 5.60 Å². The highest BCUT2D eigenvalue weighted by Gasteiger charge is 2.74. The van der Waals surface area contributed by atoms with Crippen molar-refractivity contribution in [3.63, 3.8) is 0 Å². The van der Waals surface area contributed by atoms with E-state index in [1.807, 2.05) is 0 Å². The smallest absolute Gasteiger partial charge is 0.430 e. The number of alkyl halides is 7. The van der Waals surface area contributed by atoms with E-state index in [1.165, 1.54) is 29.5 Å². The van der Waals surface area contributed by atoms with Crippen LogP contribution in [0.5, 0.6) is 0 Å². The van der Waals surface area contributed by atoms with Crippen LogP contribution in [0, 0.1) is 0 Å². The minimum absolute atomic E-state index is 0.169. The lowest BCUT2D eigenvalue weighted by atomic mass is 9.96. The molecule has 2 atom stereocenters. The quantitative estimate of drug-likeness (QED) is 0.337. The maximum atomic E-state index is 12.4. The minimum Gasteiger partial charge on any atom is -0.458 e. The molecule has 0 aliphatic carbocycles. The number of halogens is 7. The van der Waals surface area contributed by atoms with Gasteiger partial charge >= 0.3 is 18.3 Å². The third-order valence-electron chi connectivity index (χ3n) is 2.36. The molecule has 3 nitrogen and oxygen atoms in total. The molecule has 0 aromatic heterocycles. The molecule has 0 saturated carbocycles. The van der Waals surface area contributed by atoms with Crippen molar-refractivity contribution in [3.8, 4) is 0 Å². The highest BCUT2D eigenvalue weighted by Crippen LogP contribution is 2.46. The van der Waals surface area contributed by atoms with Crippen LogP contribution in [0.15, 0.2) is 0 Å². The van der Waals surface area contributed by atoms with Gasteiger partial charge < -0.3 is 9.84 Å². The Balaban J connectivity index is 5.28. The van der Waals surface area contributed by atoms with Gasteiger partial charge in [-0.25, -0.2) is 0 Å². The molecule has 0 aromatic carbocycles. The van der Waals surface area contributed by atoms with Crippen LogP contribution >= 0.6 is 22.6 Å². The molecule has 0 spiro atoms. The molecule has 0 radical (unpaired) electrons. The number of esters is 1. The molecule has 0 bridgehead atoms. The Morgan fingerprint density at radius 1 is 1.21 bits per heavy atom. The zero-order chi connectivity index (χ0) is 15.6. The van der Waals surface area contributed by atoms with Crippen molar-refractivity contribution in [2.45, 2.75) is 48.3 Å². The Morgan fingerprint density at radius 3 is 1.84 bits per heavy atom. The van der Waals surface area contributed by atoms with Gasteiger partial charge in [0.2, 0.25) is 0 Å². The number of rotatable bonds is 4. The first-order chi connectivity index (χ1) is 8.29. The normalized spacial score (nSPS) is 16.9. The van der Waals surface area contributed by atoms with Crippen molar-refractivity contribution >= 4 is 28.6 Å². The van der Waals surface area contributed by atoms with Crippen molar-refractivity contribution in [1.82, 2.24) is 0 Å². The second kappa shape index (κ2) is 6.02. The largest absolute Gasteiger partial charge is 0.458 e. The highest BCUT2D eigenvalue weighted by molar-refractivity contribution is 14.1. The zero-order valence-corrected chi connectivity index (χ0v) is 11.9. The lowest BCUT2D eigenvalue weighted by Crippen LogP contribution is -2.64. The number of carbonyl (C=O) groups excluding carboxylic acids is 1. The van der Waals surface area contributed by atoms with Crippen molar-refractivity contribution < 1.29 is 41.0 Å². The number of hydrogen-bond acceptors (Lipinski definition) is 3. The van der Waals surface area contributed by atoms with Gasteiger partial charge in [-0.1, -0.05) is 29.5 Å². The predicted molar refractivity (Wildman–Crippen MR) is 60.7 cm³/mol. The Bertz CT molecular complexity index is 313. The van der Waals surface area contributed by atoms with Gasteiger partial charge in [-0.05, 0) is 13.3 Å². The van der Waals surface area contributed by atoms with Gasteiger partial charge in [-0.15, -0.1) is 0 Å². The number of ether oxygens (including phenoxy) is 1. The highest BCUT2D eigenvalue weighted by atomic mass is 127. The summed E-state index contributed by atoms with van der Waals surface area (Å²) in [4.78, 5) is 11.2. The number of aliphatic hydroxyl groups is 1. The third-order valence-corrected chi connectivity index (χ3v) is 3.75. The molecule has 0 aromatic rings. The Kier molecular flexibility index (Phi) is 5.94. The monoisotopic (exact) mass is 408 g/mol. The van der Waals surface area contributed by atoms with E-state index in [4.69, 9.17) is 5.11 Å². The van der Waals surface area contributed by atoms with E-state index >= 15 is 0 Å². The third kappa shape index (κ3) is 3.86. The topological polar surface area (TPSA) is 46.5 Å². The number of carbonyl (C=O) groups is 1. The molecule has 0 amide bonds. The van der Waals surface area contributed by atoms with Crippen LogP contribution in [0.25, 0.3) is 0 Å². The fourth-order valence-corrected chi connectivity index (χ4v) is 1.27. The van der Waals surface area contributed by atoms with Crippen LogP contribution in [0.3, 0.4) is 0 Å². The van der Waals surface area contributed by atoms with Crippen LogP contribution in [0.2, 0.25) is 0 Å². The van der Waals surface area contributed by atoms with E-state index in [1.54, 1.807) is 0 Å². The maximum absolute atomic E-state index is 12.4. The fourth-order valence-electron chi connectivity index (χ4n) is 1.12. The average molecular weight is 408 g/mol. The van der Waals surface area contributed by atoms with Crippen LogP contribution in [-0.4, -0.2) is 39.1 Å². The van der Waals surface area contributed by atoms with Crippen LogP contribution in [0.1, 0.15) is 20.3 Å². The Labute approximate surface area is 118 Å². The van der Waals surface area contributed by atoms with Gasteiger partial charge in [-0.2, -0.15) is 26.3 Å². The second-order valence-electron chi connectivity index (χ2n) is 3.72. The minimum atomic E-state index is -6.02. The van der Waals surface area contributed by atoms with E-state index in [0.29, 0.717) is 6.92 Å². The summed E-state index contributed by atoms with van der Waals surface area (Å²) in [6.45, 7) is 1.85. The van der Waals surface area contributed by atoms with E-state index in [9.17, 15) is 31.1 Å². The average Bonchev–Trinajstić information content (AvgIpc) is 2.23. The number of hydrogen-bond donors (Lipinski definition) is 1. The van der Waals surface area contributed by atoms with Crippen molar-refractivity contribution in [2.24, 2.45) is 0 Å². The summed E-state index contributed by atoms with van der Waals surface area (Å²) < 4.78 is 77.7. The molecule has 0 fully saturated rings. The molecule has 0 aliphatic heterocycles. The summed E-state index contributed by atoms with van der Waals surface area (Å²) >= 11 is 1.52. The van der Waals surface area contributed by atoms with Crippen molar-refractivity contribution in [3.05, 3.63) is 0 Å². The first-order valence-electron chi connectivity index (χ1n) is 4.99. The van der Waals surface area contributed by atoms with E-state index in [0.717, 1.165) is 0 Å². The fraction of sp³-hybridized carbons (Fsp3) is 0.889. The van der Waals surface area contributed by atoms with Gasteiger partial charge in [0.05, 0.1) is 0 Å². The Hall–Kier alpha value is -0.260. The van der Waals surface area contributed by atoms with Crippen molar-refractivity contribution in [1.29, 1.82) is 0 Å². The predicted octanol–water partition coefficient (Wildman–Crippen LogP) is 2.99. The zero-order valence-electron chi connectivity index (χ0n) is 9.77.